The van der Waals surface area contributed by atoms with Gasteiger partial charge in [-0.2, -0.15) is 0 Å². The smallest absolute Gasteiger partial charge is 0.253 e. The Hall–Kier alpha value is -3.18. The van der Waals surface area contributed by atoms with Gasteiger partial charge in [0.25, 0.3) is 5.91 Å². The molecule has 1 aromatic heterocycles. The van der Waals surface area contributed by atoms with E-state index in [0.29, 0.717) is 5.56 Å². The molecular formula is C23H23N3O2. The Morgan fingerprint density at radius 2 is 1.50 bits per heavy atom. The summed E-state index contributed by atoms with van der Waals surface area (Å²) < 4.78 is 5.79. The van der Waals surface area contributed by atoms with E-state index in [0.717, 1.165) is 49.9 Å². The summed E-state index contributed by atoms with van der Waals surface area (Å²) in [6.07, 6.45) is 1.82. The van der Waals surface area contributed by atoms with E-state index in [1.165, 1.54) is 0 Å². The molecule has 28 heavy (non-hydrogen) atoms. The third-order valence-corrected chi connectivity index (χ3v) is 4.85. The van der Waals surface area contributed by atoms with Gasteiger partial charge >= 0.3 is 0 Å². The van der Waals surface area contributed by atoms with Crippen LogP contribution in [0.15, 0.2) is 79.0 Å². The normalized spacial score (nSPS) is 14.6. The molecule has 4 rings (SSSR count). The minimum atomic E-state index is 0.0729. The van der Waals surface area contributed by atoms with Crippen molar-refractivity contribution in [2.24, 2.45) is 0 Å². The number of amides is 1. The first-order chi connectivity index (χ1) is 13.8. The second-order valence-corrected chi connectivity index (χ2v) is 6.83. The summed E-state index contributed by atoms with van der Waals surface area (Å²) in [5.74, 6) is 1.58. The van der Waals surface area contributed by atoms with E-state index in [9.17, 15) is 4.79 Å². The largest absolute Gasteiger partial charge is 0.457 e. The molecule has 1 aliphatic rings. The molecule has 5 nitrogen and oxygen atoms in total. The van der Waals surface area contributed by atoms with Crippen LogP contribution in [0.2, 0.25) is 0 Å². The minimum absolute atomic E-state index is 0.0729. The van der Waals surface area contributed by atoms with Crippen LogP contribution in [-0.2, 0) is 6.54 Å². The van der Waals surface area contributed by atoms with Gasteiger partial charge in [-0.25, -0.2) is 0 Å². The lowest BCUT2D eigenvalue weighted by Crippen LogP contribution is -2.48. The highest BCUT2D eigenvalue weighted by molar-refractivity contribution is 5.94. The highest BCUT2D eigenvalue weighted by atomic mass is 16.5. The molecule has 2 heterocycles. The van der Waals surface area contributed by atoms with Crippen LogP contribution in [0.4, 0.5) is 0 Å². The number of hydrogen-bond acceptors (Lipinski definition) is 4. The summed E-state index contributed by atoms with van der Waals surface area (Å²) >= 11 is 0. The summed E-state index contributed by atoms with van der Waals surface area (Å²) in [5.41, 5.74) is 1.76. The number of pyridine rings is 1. The van der Waals surface area contributed by atoms with Gasteiger partial charge in [0.15, 0.2) is 0 Å². The van der Waals surface area contributed by atoms with Crippen LogP contribution in [0.1, 0.15) is 16.1 Å². The van der Waals surface area contributed by atoms with Crippen LogP contribution in [-0.4, -0.2) is 46.9 Å². The number of piperazine rings is 1. The van der Waals surface area contributed by atoms with Gasteiger partial charge < -0.3 is 9.64 Å². The lowest BCUT2D eigenvalue weighted by Gasteiger charge is -2.34. The van der Waals surface area contributed by atoms with Crippen molar-refractivity contribution in [2.45, 2.75) is 6.54 Å². The van der Waals surface area contributed by atoms with Crippen molar-refractivity contribution in [3.8, 4) is 11.5 Å². The monoisotopic (exact) mass is 373 g/mol. The average molecular weight is 373 g/mol. The second kappa shape index (κ2) is 8.67. The maximum atomic E-state index is 12.8. The zero-order chi connectivity index (χ0) is 19.2. The number of nitrogens with zero attached hydrogens (tertiary/aromatic N) is 3. The van der Waals surface area contributed by atoms with Crippen molar-refractivity contribution in [3.63, 3.8) is 0 Å². The third kappa shape index (κ3) is 4.56. The van der Waals surface area contributed by atoms with Crippen LogP contribution >= 0.6 is 0 Å². The van der Waals surface area contributed by atoms with E-state index in [2.05, 4.69) is 9.88 Å². The van der Waals surface area contributed by atoms with Crippen molar-refractivity contribution in [1.29, 1.82) is 0 Å². The van der Waals surface area contributed by atoms with Crippen molar-refractivity contribution >= 4 is 5.91 Å². The number of rotatable bonds is 5. The zero-order valence-corrected chi connectivity index (χ0v) is 15.7. The van der Waals surface area contributed by atoms with Gasteiger partial charge in [0, 0.05) is 44.5 Å². The van der Waals surface area contributed by atoms with Gasteiger partial charge in [-0.15, -0.1) is 0 Å². The number of carbonyl (C=O) groups is 1. The van der Waals surface area contributed by atoms with E-state index in [4.69, 9.17) is 4.74 Å². The topological polar surface area (TPSA) is 45.7 Å². The summed E-state index contributed by atoms with van der Waals surface area (Å²) in [6.45, 7) is 4.01. The van der Waals surface area contributed by atoms with Crippen molar-refractivity contribution in [2.75, 3.05) is 26.2 Å². The molecule has 0 saturated carbocycles. The molecule has 5 heteroatoms. The Labute approximate surface area is 165 Å². The summed E-state index contributed by atoms with van der Waals surface area (Å²) in [4.78, 5) is 21.4. The average Bonchev–Trinajstić information content (AvgIpc) is 2.76. The lowest BCUT2D eigenvalue weighted by molar-refractivity contribution is 0.0627. The first kappa shape index (κ1) is 18.2. The quantitative estimate of drug-likeness (QED) is 0.682. The molecule has 1 aliphatic heterocycles. The second-order valence-electron chi connectivity index (χ2n) is 6.83. The predicted molar refractivity (Wildman–Crippen MR) is 108 cm³/mol. The van der Waals surface area contributed by atoms with E-state index in [1.807, 2.05) is 83.9 Å². The molecule has 0 aliphatic carbocycles. The van der Waals surface area contributed by atoms with E-state index in [-0.39, 0.29) is 5.91 Å². The van der Waals surface area contributed by atoms with Crippen LogP contribution in [0, 0.1) is 0 Å². The molecule has 1 fully saturated rings. The molecule has 1 amide bonds. The Kier molecular flexibility index (Phi) is 5.64. The predicted octanol–water partition coefficient (Wildman–Crippen LogP) is 3.83. The SMILES string of the molecule is O=C(c1ccc(Oc2ccccc2)cc1)N1CCN(Cc2ccccn2)CC1. The Morgan fingerprint density at radius 3 is 2.18 bits per heavy atom. The fourth-order valence-electron chi connectivity index (χ4n) is 3.30. The number of carbonyl (C=O) groups excluding carboxylic acids is 1. The van der Waals surface area contributed by atoms with E-state index >= 15 is 0 Å². The summed E-state index contributed by atoms with van der Waals surface area (Å²) in [5, 5.41) is 0. The number of aromatic nitrogens is 1. The van der Waals surface area contributed by atoms with Gasteiger partial charge in [-0.05, 0) is 48.5 Å². The van der Waals surface area contributed by atoms with Gasteiger partial charge in [-0.3, -0.25) is 14.7 Å². The van der Waals surface area contributed by atoms with Crippen molar-refractivity contribution < 1.29 is 9.53 Å². The fourth-order valence-corrected chi connectivity index (χ4v) is 3.30. The van der Waals surface area contributed by atoms with Crippen LogP contribution in [0.3, 0.4) is 0 Å². The number of ether oxygens (including phenoxy) is 1. The number of benzene rings is 2. The zero-order valence-electron chi connectivity index (χ0n) is 15.7. The molecule has 0 unspecified atom stereocenters. The lowest BCUT2D eigenvalue weighted by atomic mass is 10.1. The Morgan fingerprint density at radius 1 is 0.821 bits per heavy atom. The molecule has 142 valence electrons. The molecule has 2 aromatic carbocycles. The molecule has 0 atom stereocenters. The third-order valence-electron chi connectivity index (χ3n) is 4.85. The van der Waals surface area contributed by atoms with Crippen molar-refractivity contribution in [1.82, 2.24) is 14.8 Å². The first-order valence-corrected chi connectivity index (χ1v) is 9.52. The fraction of sp³-hybridized carbons (Fsp3) is 0.217. The van der Waals surface area contributed by atoms with Gasteiger partial charge in [0.1, 0.15) is 11.5 Å². The molecule has 0 bridgehead atoms. The Balaban J connectivity index is 1.31. The van der Waals surface area contributed by atoms with Gasteiger partial charge in [0.05, 0.1) is 5.69 Å². The van der Waals surface area contributed by atoms with Crippen LogP contribution in [0.25, 0.3) is 0 Å². The number of para-hydroxylation sites is 1. The van der Waals surface area contributed by atoms with Crippen molar-refractivity contribution in [3.05, 3.63) is 90.3 Å². The molecule has 3 aromatic rings. The minimum Gasteiger partial charge on any atom is -0.457 e. The van der Waals surface area contributed by atoms with E-state index < -0.39 is 0 Å². The summed E-state index contributed by atoms with van der Waals surface area (Å²) in [7, 11) is 0. The molecule has 0 spiro atoms. The maximum absolute atomic E-state index is 12.8. The van der Waals surface area contributed by atoms with Gasteiger partial charge in [-0.1, -0.05) is 24.3 Å². The Bertz CT molecular complexity index is 890. The highest BCUT2D eigenvalue weighted by Crippen LogP contribution is 2.22. The number of hydrogen-bond donors (Lipinski definition) is 0. The highest BCUT2D eigenvalue weighted by Gasteiger charge is 2.22. The maximum Gasteiger partial charge on any atom is 0.253 e. The molecule has 0 N–H and O–H groups in total. The van der Waals surface area contributed by atoms with E-state index in [1.54, 1.807) is 0 Å². The molecule has 0 radical (unpaired) electrons. The first-order valence-electron chi connectivity index (χ1n) is 9.52. The van der Waals surface area contributed by atoms with Crippen LogP contribution < -0.4 is 4.74 Å². The standard InChI is InChI=1S/C23H23N3O2/c27-23(19-9-11-22(12-10-19)28-21-7-2-1-3-8-21)26-16-14-25(15-17-26)18-20-6-4-5-13-24-20/h1-13H,14-18H2. The molecular weight excluding hydrogens is 350 g/mol. The summed E-state index contributed by atoms with van der Waals surface area (Å²) in [6, 6.07) is 23.0. The van der Waals surface area contributed by atoms with Crippen LogP contribution in [0.5, 0.6) is 11.5 Å². The molecule has 1 saturated heterocycles. The van der Waals surface area contributed by atoms with Gasteiger partial charge in [0.2, 0.25) is 0 Å².